The molecule has 0 spiro atoms. The van der Waals surface area contributed by atoms with Crippen LogP contribution in [0.25, 0.3) is 0 Å². The average Bonchev–Trinajstić information content (AvgIpc) is 2.84. The lowest BCUT2D eigenvalue weighted by Crippen LogP contribution is -2.01. The molecular formula is C12H13ClN4S. The first-order valence-corrected chi connectivity index (χ1v) is 6.04. The zero-order chi connectivity index (χ0) is 13.5. The second-order valence-corrected chi connectivity index (χ2v) is 3.85. The van der Waals surface area contributed by atoms with E-state index in [1.165, 1.54) is 0 Å². The summed E-state index contributed by atoms with van der Waals surface area (Å²) in [5.41, 5.74) is 1.84. The molecule has 0 aliphatic heterocycles. The fraction of sp³-hybridized carbons (Fsp3) is 0.167. The van der Waals surface area contributed by atoms with E-state index in [0.29, 0.717) is 17.4 Å². The lowest BCUT2D eigenvalue weighted by atomic mass is 10.2. The molecule has 0 saturated heterocycles. The summed E-state index contributed by atoms with van der Waals surface area (Å²) in [6.07, 6.45) is 3.64. The van der Waals surface area contributed by atoms with Crippen molar-refractivity contribution < 1.29 is 0 Å². The number of aromatic nitrogens is 3. The van der Waals surface area contributed by atoms with Gasteiger partial charge in [-0.2, -0.15) is 5.10 Å². The normalized spacial score (nSPS) is 9.44. The van der Waals surface area contributed by atoms with Crippen LogP contribution in [0.15, 0.2) is 29.5 Å². The lowest BCUT2D eigenvalue weighted by molar-refractivity contribution is 0.686. The maximum Gasteiger partial charge on any atom is 0.173 e. The number of thiocarbonyl (C=S) groups is 1. The van der Waals surface area contributed by atoms with E-state index in [2.05, 4.69) is 39.9 Å². The summed E-state index contributed by atoms with van der Waals surface area (Å²) >= 11 is 9.83. The molecule has 0 aliphatic rings. The molecule has 0 N–H and O–H groups in total. The first-order valence-electron chi connectivity index (χ1n) is 5.09. The first kappa shape index (κ1) is 14.5. The molecule has 2 aromatic heterocycles. The van der Waals surface area contributed by atoms with Gasteiger partial charge in [-0.25, -0.2) is 4.99 Å². The molecular weight excluding hydrogens is 268 g/mol. The summed E-state index contributed by atoms with van der Waals surface area (Å²) in [6.45, 7) is 5.92. The minimum absolute atomic E-state index is 0.617. The number of hydrogen-bond donors (Lipinski definition) is 0. The highest BCUT2D eigenvalue weighted by atomic mass is 35.5. The summed E-state index contributed by atoms with van der Waals surface area (Å²) in [5.74, 6) is 3.45. The topological polar surface area (TPSA) is 43.1 Å². The molecule has 0 unspecified atom stereocenters. The summed E-state index contributed by atoms with van der Waals surface area (Å²) in [7, 11) is 0. The molecule has 18 heavy (non-hydrogen) atoms. The minimum Gasteiger partial charge on any atom is -0.266 e. The Morgan fingerprint density at radius 1 is 1.50 bits per heavy atom. The Morgan fingerprint density at radius 3 is 2.78 bits per heavy atom. The van der Waals surface area contributed by atoms with Gasteiger partial charge in [0.2, 0.25) is 0 Å². The maximum atomic E-state index is 5.99. The van der Waals surface area contributed by atoms with Crippen molar-refractivity contribution in [3.8, 4) is 0 Å². The zero-order valence-corrected chi connectivity index (χ0v) is 11.6. The largest absolute Gasteiger partial charge is 0.266 e. The van der Waals surface area contributed by atoms with Gasteiger partial charge in [0.15, 0.2) is 5.82 Å². The van der Waals surface area contributed by atoms with Gasteiger partial charge in [0.05, 0.1) is 17.3 Å². The van der Waals surface area contributed by atoms with Crippen LogP contribution in [0.2, 0.25) is 5.02 Å². The van der Waals surface area contributed by atoms with Crippen molar-refractivity contribution in [3.05, 3.63) is 40.8 Å². The van der Waals surface area contributed by atoms with Crippen LogP contribution in [0, 0.1) is 6.92 Å². The molecule has 2 aromatic rings. The monoisotopic (exact) mass is 280 g/mol. The van der Waals surface area contributed by atoms with Crippen LogP contribution in [0.4, 0.5) is 5.82 Å². The van der Waals surface area contributed by atoms with Crippen molar-refractivity contribution >= 4 is 42.2 Å². The number of pyridine rings is 1. The predicted octanol–water partition coefficient (Wildman–Crippen LogP) is 3.24. The van der Waals surface area contributed by atoms with Crippen LogP contribution in [0.5, 0.6) is 0 Å². The van der Waals surface area contributed by atoms with Crippen LogP contribution >= 0.6 is 23.8 Å². The van der Waals surface area contributed by atoms with Crippen LogP contribution in [-0.2, 0) is 6.54 Å². The molecule has 0 radical (unpaired) electrons. The van der Waals surface area contributed by atoms with Crippen molar-refractivity contribution in [1.29, 1.82) is 0 Å². The molecule has 0 saturated carbocycles. The van der Waals surface area contributed by atoms with E-state index in [0.717, 1.165) is 11.3 Å². The van der Waals surface area contributed by atoms with Crippen LogP contribution in [-0.4, -0.2) is 27.4 Å². The molecule has 0 fully saturated rings. The number of rotatable bonds is 3. The standard InChI is InChI=1S/C11H11ClN4.CH2S/c1-8-10(12)5-9(6-14-8)7-16-4-3-11(13-2)15-16;1-2/h3-6H,2,7H2,1H3;1H2. The number of nitrogens with zero attached hydrogens (tertiary/aromatic N) is 4. The third-order valence-electron chi connectivity index (χ3n) is 2.21. The van der Waals surface area contributed by atoms with E-state index >= 15 is 0 Å². The van der Waals surface area contributed by atoms with E-state index in [9.17, 15) is 0 Å². The third-order valence-corrected chi connectivity index (χ3v) is 2.60. The van der Waals surface area contributed by atoms with Crippen LogP contribution in [0.3, 0.4) is 0 Å². The van der Waals surface area contributed by atoms with E-state index < -0.39 is 0 Å². The van der Waals surface area contributed by atoms with Crippen molar-refractivity contribution in [3.63, 3.8) is 0 Å². The Morgan fingerprint density at radius 2 is 2.22 bits per heavy atom. The molecule has 2 heterocycles. The summed E-state index contributed by atoms with van der Waals surface area (Å²) in [6, 6.07) is 3.70. The summed E-state index contributed by atoms with van der Waals surface area (Å²) in [5, 5.41) is 4.87. The second kappa shape index (κ2) is 6.98. The molecule has 94 valence electrons. The molecule has 6 heteroatoms. The Bertz CT molecular complexity index is 539. The zero-order valence-electron chi connectivity index (χ0n) is 10.0. The highest BCUT2D eigenvalue weighted by Gasteiger charge is 2.01. The van der Waals surface area contributed by atoms with Gasteiger partial charge >= 0.3 is 0 Å². The van der Waals surface area contributed by atoms with Crippen molar-refractivity contribution in [2.75, 3.05) is 0 Å². The summed E-state index contributed by atoms with van der Waals surface area (Å²) < 4.78 is 1.77. The van der Waals surface area contributed by atoms with Gasteiger partial charge < -0.3 is 0 Å². The van der Waals surface area contributed by atoms with Gasteiger partial charge in [-0.15, -0.1) is 0 Å². The minimum atomic E-state index is 0.617. The number of halogens is 1. The van der Waals surface area contributed by atoms with Gasteiger partial charge in [0.25, 0.3) is 0 Å². The highest BCUT2D eigenvalue weighted by molar-refractivity contribution is 7.77. The van der Waals surface area contributed by atoms with Gasteiger partial charge in [-0.05, 0) is 31.1 Å². The number of aryl methyl sites for hydroxylation is 1. The lowest BCUT2D eigenvalue weighted by Gasteiger charge is -2.03. The molecule has 0 amide bonds. The molecule has 4 nitrogen and oxygen atoms in total. The quantitative estimate of drug-likeness (QED) is 0.640. The van der Waals surface area contributed by atoms with E-state index in [4.69, 9.17) is 11.6 Å². The first-order chi connectivity index (χ1) is 8.69. The maximum absolute atomic E-state index is 5.99. The average molecular weight is 281 g/mol. The van der Waals surface area contributed by atoms with E-state index in [1.807, 2.05) is 19.2 Å². The van der Waals surface area contributed by atoms with Crippen LogP contribution < -0.4 is 0 Å². The third kappa shape index (κ3) is 3.72. The van der Waals surface area contributed by atoms with E-state index in [-0.39, 0.29) is 0 Å². The van der Waals surface area contributed by atoms with Gasteiger partial charge in [0, 0.05) is 18.5 Å². The Hall–Kier alpha value is -1.59. The number of aliphatic imine (C=N–C) groups is 1. The molecule has 0 bridgehead atoms. The smallest absolute Gasteiger partial charge is 0.173 e. The van der Waals surface area contributed by atoms with Gasteiger partial charge in [0.1, 0.15) is 0 Å². The van der Waals surface area contributed by atoms with E-state index in [1.54, 1.807) is 16.9 Å². The van der Waals surface area contributed by atoms with Crippen LogP contribution in [0.1, 0.15) is 11.3 Å². The van der Waals surface area contributed by atoms with Crippen molar-refractivity contribution in [2.45, 2.75) is 13.5 Å². The van der Waals surface area contributed by atoms with Gasteiger partial charge in [-0.1, -0.05) is 23.8 Å². The predicted molar refractivity (Wildman–Crippen MR) is 79.2 cm³/mol. The second-order valence-electron chi connectivity index (χ2n) is 3.44. The Kier molecular flexibility index (Phi) is 5.61. The van der Waals surface area contributed by atoms with Gasteiger partial charge in [-0.3, -0.25) is 9.67 Å². The molecule has 2 rings (SSSR count). The van der Waals surface area contributed by atoms with Crippen molar-refractivity contribution in [1.82, 2.24) is 14.8 Å². The van der Waals surface area contributed by atoms with Crippen molar-refractivity contribution in [2.24, 2.45) is 4.99 Å². The Labute approximate surface area is 116 Å². The Balaban J connectivity index is 0.000000771. The highest BCUT2D eigenvalue weighted by Crippen LogP contribution is 2.15. The fourth-order valence-corrected chi connectivity index (χ4v) is 1.53. The SMILES string of the molecule is C=Nc1ccn(Cc2cnc(C)c(Cl)c2)n1.C=S. The fourth-order valence-electron chi connectivity index (χ4n) is 1.34. The molecule has 0 atom stereocenters. The summed E-state index contributed by atoms with van der Waals surface area (Å²) in [4.78, 5) is 7.93. The number of hydrogen-bond acceptors (Lipinski definition) is 4. The molecule has 0 aromatic carbocycles. The molecule has 0 aliphatic carbocycles.